The van der Waals surface area contributed by atoms with Gasteiger partial charge in [0.25, 0.3) is 0 Å². The van der Waals surface area contributed by atoms with Crippen LogP contribution in [0.2, 0.25) is 0 Å². The van der Waals surface area contributed by atoms with Crippen LogP contribution in [-0.4, -0.2) is 45.9 Å². The van der Waals surface area contributed by atoms with Gasteiger partial charge in [-0.1, -0.05) is 23.1 Å². The Morgan fingerprint density at radius 3 is 2.89 bits per heavy atom. The Balaban J connectivity index is 1.78. The molecule has 0 radical (unpaired) electrons. The van der Waals surface area contributed by atoms with Gasteiger partial charge in [0.2, 0.25) is 11.0 Å². The van der Waals surface area contributed by atoms with Crippen molar-refractivity contribution in [1.82, 2.24) is 15.1 Å². The Labute approximate surface area is 115 Å². The van der Waals surface area contributed by atoms with Crippen molar-refractivity contribution in [2.75, 3.05) is 18.1 Å². The normalized spacial score (nSPS) is 14.9. The summed E-state index contributed by atoms with van der Waals surface area (Å²) in [5.74, 6) is 0.550. The minimum Gasteiger partial charge on any atom is -0.357 e. The van der Waals surface area contributed by atoms with Gasteiger partial charge in [0, 0.05) is 19.1 Å². The predicted molar refractivity (Wildman–Crippen MR) is 75.2 cm³/mol. The maximum atomic E-state index is 11.8. The van der Waals surface area contributed by atoms with E-state index in [1.807, 2.05) is 20.9 Å². The zero-order chi connectivity index (χ0) is 13.1. The maximum absolute atomic E-state index is 11.8. The second-order valence-corrected chi connectivity index (χ2v) is 6.88. The van der Waals surface area contributed by atoms with Crippen molar-refractivity contribution in [3.8, 4) is 0 Å². The Bertz CT molecular complexity index is 417. The van der Waals surface area contributed by atoms with E-state index in [2.05, 4.69) is 15.5 Å². The van der Waals surface area contributed by atoms with Crippen molar-refractivity contribution in [3.63, 3.8) is 0 Å². The number of carbonyl (C=O) groups excluding carboxylic acids is 1. The number of hydrogen-bond acceptors (Lipinski definition) is 6. The molecule has 100 valence electrons. The lowest BCUT2D eigenvalue weighted by Crippen LogP contribution is -2.34. The minimum absolute atomic E-state index is 0.127. The lowest BCUT2D eigenvalue weighted by Gasteiger charge is -2.20. The quantitative estimate of drug-likeness (QED) is 0.811. The van der Waals surface area contributed by atoms with Crippen LogP contribution in [0.1, 0.15) is 26.7 Å². The van der Waals surface area contributed by atoms with Gasteiger partial charge in [0.1, 0.15) is 0 Å². The number of thioether (sulfide) groups is 1. The zero-order valence-electron chi connectivity index (χ0n) is 10.8. The average Bonchev–Trinajstić information content (AvgIpc) is 3.03. The van der Waals surface area contributed by atoms with Gasteiger partial charge in [-0.15, -0.1) is 10.2 Å². The molecule has 0 atom stereocenters. The van der Waals surface area contributed by atoms with Crippen LogP contribution in [0, 0.1) is 0 Å². The van der Waals surface area contributed by atoms with Gasteiger partial charge < -0.3 is 10.2 Å². The van der Waals surface area contributed by atoms with E-state index in [9.17, 15) is 4.79 Å². The summed E-state index contributed by atoms with van der Waals surface area (Å²) in [5.41, 5.74) is 0. The number of aromatic nitrogens is 2. The van der Waals surface area contributed by atoms with E-state index < -0.39 is 0 Å². The van der Waals surface area contributed by atoms with Crippen LogP contribution >= 0.6 is 23.1 Å². The maximum Gasteiger partial charge on any atom is 0.232 e. The molecule has 1 aliphatic rings. The third-order valence-electron chi connectivity index (χ3n) is 2.80. The summed E-state index contributed by atoms with van der Waals surface area (Å²) < 4.78 is 0.851. The third-order valence-corrected chi connectivity index (χ3v) is 4.77. The van der Waals surface area contributed by atoms with Crippen LogP contribution < -0.4 is 5.32 Å². The minimum atomic E-state index is 0.127. The van der Waals surface area contributed by atoms with E-state index >= 15 is 0 Å². The molecule has 0 bridgehead atoms. The molecule has 1 saturated carbocycles. The van der Waals surface area contributed by atoms with Gasteiger partial charge in [0.05, 0.1) is 5.75 Å². The van der Waals surface area contributed by atoms with E-state index in [1.165, 1.54) is 35.9 Å². The molecule has 0 aliphatic heterocycles. The number of hydrogen-bond donors (Lipinski definition) is 1. The summed E-state index contributed by atoms with van der Waals surface area (Å²) in [4.78, 5) is 13.5. The second kappa shape index (κ2) is 5.88. The number of carbonyl (C=O) groups is 1. The van der Waals surface area contributed by atoms with Crippen molar-refractivity contribution in [3.05, 3.63) is 0 Å². The molecule has 0 unspecified atom stereocenters. The Kier molecular flexibility index (Phi) is 4.45. The van der Waals surface area contributed by atoms with Gasteiger partial charge in [-0.25, -0.2) is 0 Å². The number of amides is 1. The highest BCUT2D eigenvalue weighted by Crippen LogP contribution is 2.30. The first kappa shape index (κ1) is 13.6. The predicted octanol–water partition coefficient (Wildman–Crippen LogP) is 2.07. The van der Waals surface area contributed by atoms with Crippen LogP contribution in [0.4, 0.5) is 5.13 Å². The smallest absolute Gasteiger partial charge is 0.232 e. The van der Waals surface area contributed by atoms with Crippen LogP contribution in [0.25, 0.3) is 0 Å². The van der Waals surface area contributed by atoms with E-state index in [0.717, 1.165) is 9.47 Å². The van der Waals surface area contributed by atoms with Crippen LogP contribution in [0.3, 0.4) is 0 Å². The fourth-order valence-electron chi connectivity index (χ4n) is 1.24. The molecule has 1 amide bonds. The first-order chi connectivity index (χ1) is 8.56. The number of nitrogens with zero attached hydrogens (tertiary/aromatic N) is 3. The van der Waals surface area contributed by atoms with Gasteiger partial charge in [0.15, 0.2) is 4.34 Å². The van der Waals surface area contributed by atoms with Crippen molar-refractivity contribution in [1.29, 1.82) is 0 Å². The summed E-state index contributed by atoms with van der Waals surface area (Å²) in [6.07, 6.45) is 2.44. The molecule has 1 heterocycles. The molecule has 1 aromatic heterocycles. The number of rotatable bonds is 6. The number of anilines is 1. The Morgan fingerprint density at radius 1 is 1.56 bits per heavy atom. The summed E-state index contributed by atoms with van der Waals surface area (Å²) >= 11 is 2.98. The third kappa shape index (κ3) is 3.84. The van der Waals surface area contributed by atoms with Gasteiger partial charge >= 0.3 is 0 Å². The van der Waals surface area contributed by atoms with Crippen LogP contribution in [-0.2, 0) is 4.79 Å². The van der Waals surface area contributed by atoms with Crippen LogP contribution in [0.15, 0.2) is 4.34 Å². The molecule has 0 spiro atoms. The van der Waals surface area contributed by atoms with E-state index in [4.69, 9.17) is 0 Å². The molecule has 5 nitrogen and oxygen atoms in total. The van der Waals surface area contributed by atoms with Crippen molar-refractivity contribution < 1.29 is 4.79 Å². The molecule has 0 aromatic carbocycles. The monoisotopic (exact) mass is 286 g/mol. The molecule has 18 heavy (non-hydrogen) atoms. The summed E-state index contributed by atoms with van der Waals surface area (Å²) in [7, 11) is 1.83. The first-order valence-electron chi connectivity index (χ1n) is 6.04. The summed E-state index contributed by atoms with van der Waals surface area (Å²) in [5, 5.41) is 12.3. The molecule has 7 heteroatoms. The van der Waals surface area contributed by atoms with Crippen molar-refractivity contribution in [2.24, 2.45) is 0 Å². The molecule has 1 aliphatic carbocycles. The Hall–Kier alpha value is -0.820. The average molecular weight is 286 g/mol. The van der Waals surface area contributed by atoms with Gasteiger partial charge in [-0.2, -0.15) is 0 Å². The van der Waals surface area contributed by atoms with Crippen LogP contribution in [0.5, 0.6) is 0 Å². The van der Waals surface area contributed by atoms with Gasteiger partial charge in [-0.05, 0) is 26.7 Å². The fourth-order valence-corrected chi connectivity index (χ4v) is 2.99. The number of nitrogens with one attached hydrogen (secondary N) is 1. The largest absolute Gasteiger partial charge is 0.357 e. The Morgan fingerprint density at radius 2 is 2.28 bits per heavy atom. The fraction of sp³-hybridized carbons (Fsp3) is 0.727. The highest BCUT2D eigenvalue weighted by Gasteiger charge is 2.22. The highest BCUT2D eigenvalue weighted by molar-refractivity contribution is 8.01. The summed E-state index contributed by atoms with van der Waals surface area (Å²) in [6.45, 7) is 4.01. The topological polar surface area (TPSA) is 58.1 Å². The molecular formula is C11H18N4OS2. The first-order valence-corrected chi connectivity index (χ1v) is 7.85. The van der Waals surface area contributed by atoms with Crippen molar-refractivity contribution >= 4 is 34.1 Å². The summed E-state index contributed by atoms with van der Waals surface area (Å²) in [6, 6.07) is 0.823. The van der Waals surface area contributed by atoms with Crippen molar-refractivity contribution in [2.45, 2.75) is 43.1 Å². The standard InChI is InChI=1S/C11H18N4OS2/c1-7(2)15(3)9(16)6-17-11-14-13-10(18-11)12-8-4-5-8/h7-8H,4-6H2,1-3H3,(H,12,13). The lowest BCUT2D eigenvalue weighted by molar-refractivity contribution is -0.128. The van der Waals surface area contributed by atoms with E-state index in [-0.39, 0.29) is 11.9 Å². The molecule has 0 saturated heterocycles. The van der Waals surface area contributed by atoms with Gasteiger partial charge in [-0.3, -0.25) is 4.79 Å². The molecular weight excluding hydrogens is 268 g/mol. The highest BCUT2D eigenvalue weighted by atomic mass is 32.2. The molecule has 1 fully saturated rings. The van der Waals surface area contributed by atoms with E-state index in [0.29, 0.717) is 11.8 Å². The second-order valence-electron chi connectivity index (χ2n) is 4.68. The molecule has 1 aromatic rings. The lowest BCUT2D eigenvalue weighted by atomic mass is 10.3. The molecule has 2 rings (SSSR count). The SMILES string of the molecule is CC(C)N(C)C(=O)CSc1nnc(NC2CC2)s1. The molecule has 1 N–H and O–H groups in total. The zero-order valence-corrected chi connectivity index (χ0v) is 12.5. The van der Waals surface area contributed by atoms with E-state index in [1.54, 1.807) is 4.90 Å².